The molecule has 172 valence electrons. The normalized spacial score (nSPS) is 17.7. The van der Waals surface area contributed by atoms with Crippen molar-refractivity contribution >= 4 is 5.91 Å². The number of rotatable bonds is 4. The summed E-state index contributed by atoms with van der Waals surface area (Å²) in [6.45, 7) is 5.34. The van der Waals surface area contributed by atoms with E-state index in [2.05, 4.69) is 11.9 Å². The molecule has 0 aliphatic heterocycles. The Kier molecular flexibility index (Phi) is 6.45. The van der Waals surface area contributed by atoms with Gasteiger partial charge in [0.1, 0.15) is 0 Å². The van der Waals surface area contributed by atoms with E-state index in [9.17, 15) is 31.1 Å². The molecule has 2 aromatic rings. The molecule has 1 unspecified atom stereocenters. The van der Waals surface area contributed by atoms with Gasteiger partial charge in [-0.25, -0.2) is 0 Å². The summed E-state index contributed by atoms with van der Waals surface area (Å²) >= 11 is 0. The third-order valence-corrected chi connectivity index (χ3v) is 6.03. The molecular formula is C24H23F6NO. The predicted octanol–water partition coefficient (Wildman–Crippen LogP) is 6.97. The number of hydrogen-bond donors (Lipinski definition) is 1. The summed E-state index contributed by atoms with van der Waals surface area (Å²) in [5, 5.41) is 2.67. The van der Waals surface area contributed by atoms with Crippen molar-refractivity contribution in [1.29, 1.82) is 0 Å². The number of allylic oxidation sites excluding steroid dienone is 1. The van der Waals surface area contributed by atoms with Crippen LogP contribution in [0.15, 0.2) is 60.7 Å². The average molecular weight is 455 g/mol. The van der Waals surface area contributed by atoms with Crippen molar-refractivity contribution in [3.8, 4) is 0 Å². The number of carbonyl (C=O) groups excluding carboxylic acids is 1. The minimum absolute atomic E-state index is 0.0796. The maximum absolute atomic E-state index is 13.4. The Morgan fingerprint density at radius 1 is 0.938 bits per heavy atom. The standard InChI is InChI=1S/C24H23F6NO/c1-15-8-10-22(11-9-15,18-6-4-3-5-7-18)21(32)31-16(2)17-12-19(23(25,26)27)14-20(13-17)24(28,29)30/h3-7,12-14,16H,1,8-11H2,2H3,(H,31,32). The van der Waals surface area contributed by atoms with Crippen LogP contribution >= 0.6 is 0 Å². The monoisotopic (exact) mass is 455 g/mol. The van der Waals surface area contributed by atoms with Gasteiger partial charge in [0.15, 0.2) is 0 Å². The molecule has 1 amide bonds. The maximum Gasteiger partial charge on any atom is 0.416 e. The van der Waals surface area contributed by atoms with Crippen LogP contribution < -0.4 is 5.32 Å². The molecule has 0 aromatic heterocycles. The Labute approximate surface area is 182 Å². The number of halogens is 6. The molecule has 0 saturated heterocycles. The molecule has 1 aliphatic rings. The van der Waals surface area contributed by atoms with Gasteiger partial charge in [-0.3, -0.25) is 4.79 Å². The SMILES string of the molecule is C=C1CCC(C(=O)NC(C)c2cc(C(F)(F)F)cc(C(F)(F)F)c2)(c2ccccc2)CC1. The van der Waals surface area contributed by atoms with E-state index in [1.54, 1.807) is 18.2 Å². The number of hydrogen-bond acceptors (Lipinski definition) is 1. The number of amides is 1. The predicted molar refractivity (Wildman–Crippen MR) is 109 cm³/mol. The van der Waals surface area contributed by atoms with Crippen molar-refractivity contribution in [3.05, 3.63) is 82.9 Å². The molecule has 1 aliphatic carbocycles. The molecule has 0 bridgehead atoms. The summed E-state index contributed by atoms with van der Waals surface area (Å²) in [5.41, 5.74) is -2.23. The molecule has 3 rings (SSSR count). The van der Waals surface area contributed by atoms with Crippen LogP contribution in [0.4, 0.5) is 26.3 Å². The topological polar surface area (TPSA) is 29.1 Å². The molecule has 2 nitrogen and oxygen atoms in total. The highest BCUT2D eigenvalue weighted by Crippen LogP contribution is 2.42. The number of nitrogens with one attached hydrogen (secondary N) is 1. The highest BCUT2D eigenvalue weighted by Gasteiger charge is 2.43. The summed E-state index contributed by atoms with van der Waals surface area (Å²) < 4.78 is 79.3. The van der Waals surface area contributed by atoms with Gasteiger partial charge in [0.05, 0.1) is 22.6 Å². The number of benzene rings is 2. The van der Waals surface area contributed by atoms with E-state index < -0.39 is 40.8 Å². The van der Waals surface area contributed by atoms with E-state index >= 15 is 0 Å². The Hall–Kier alpha value is -2.77. The Morgan fingerprint density at radius 2 is 1.44 bits per heavy atom. The zero-order valence-corrected chi connectivity index (χ0v) is 17.4. The number of carbonyl (C=O) groups is 1. The van der Waals surface area contributed by atoms with Gasteiger partial charge >= 0.3 is 12.4 Å². The van der Waals surface area contributed by atoms with Gasteiger partial charge in [0.25, 0.3) is 0 Å². The molecule has 32 heavy (non-hydrogen) atoms. The van der Waals surface area contributed by atoms with Crippen molar-refractivity contribution in [2.24, 2.45) is 0 Å². The van der Waals surface area contributed by atoms with E-state index in [0.717, 1.165) is 11.1 Å². The molecule has 0 spiro atoms. The summed E-state index contributed by atoms with van der Waals surface area (Å²) in [6.07, 6.45) is -7.75. The van der Waals surface area contributed by atoms with Crippen LogP contribution in [-0.2, 0) is 22.6 Å². The molecule has 2 aromatic carbocycles. The lowest BCUT2D eigenvalue weighted by atomic mass is 9.67. The second-order valence-corrected chi connectivity index (χ2v) is 8.23. The smallest absolute Gasteiger partial charge is 0.349 e. The quantitative estimate of drug-likeness (QED) is 0.392. The first-order chi connectivity index (χ1) is 14.8. The van der Waals surface area contributed by atoms with Crippen LogP contribution in [0.3, 0.4) is 0 Å². The lowest BCUT2D eigenvalue weighted by Crippen LogP contribution is -2.46. The van der Waals surface area contributed by atoms with Crippen LogP contribution in [0, 0.1) is 0 Å². The van der Waals surface area contributed by atoms with Crippen molar-refractivity contribution in [1.82, 2.24) is 5.32 Å². The third-order valence-electron chi connectivity index (χ3n) is 6.03. The van der Waals surface area contributed by atoms with Gasteiger partial charge in [0.2, 0.25) is 5.91 Å². The first kappa shape index (κ1) is 23.9. The fourth-order valence-corrected chi connectivity index (χ4v) is 4.08. The van der Waals surface area contributed by atoms with Crippen molar-refractivity contribution in [2.75, 3.05) is 0 Å². The minimum atomic E-state index is -4.95. The van der Waals surface area contributed by atoms with Crippen LogP contribution in [0.5, 0.6) is 0 Å². The second-order valence-electron chi connectivity index (χ2n) is 8.23. The summed E-state index contributed by atoms with van der Waals surface area (Å²) in [4.78, 5) is 13.4. The highest BCUT2D eigenvalue weighted by atomic mass is 19.4. The molecule has 1 N–H and O–H groups in total. The molecule has 0 heterocycles. The first-order valence-corrected chi connectivity index (χ1v) is 10.2. The summed E-state index contributed by atoms with van der Waals surface area (Å²) in [6, 6.07) is 9.33. The Bertz CT molecular complexity index is 952. The molecule has 1 fully saturated rings. The van der Waals surface area contributed by atoms with E-state index in [1.165, 1.54) is 6.92 Å². The highest BCUT2D eigenvalue weighted by molar-refractivity contribution is 5.89. The van der Waals surface area contributed by atoms with Crippen LogP contribution in [0.25, 0.3) is 0 Å². The van der Waals surface area contributed by atoms with Gasteiger partial charge in [0, 0.05) is 0 Å². The van der Waals surface area contributed by atoms with Crippen LogP contribution in [0.2, 0.25) is 0 Å². The summed E-state index contributed by atoms with van der Waals surface area (Å²) in [7, 11) is 0. The van der Waals surface area contributed by atoms with Crippen molar-refractivity contribution in [3.63, 3.8) is 0 Å². The molecule has 1 saturated carbocycles. The molecule has 0 radical (unpaired) electrons. The van der Waals surface area contributed by atoms with E-state index in [1.807, 2.05) is 12.1 Å². The molecular weight excluding hydrogens is 432 g/mol. The van der Waals surface area contributed by atoms with Gasteiger partial charge in [-0.2, -0.15) is 26.3 Å². The van der Waals surface area contributed by atoms with Gasteiger partial charge in [-0.1, -0.05) is 42.5 Å². The zero-order chi connectivity index (χ0) is 23.7. The van der Waals surface area contributed by atoms with E-state index in [0.29, 0.717) is 37.8 Å². The van der Waals surface area contributed by atoms with Crippen LogP contribution in [-0.4, -0.2) is 5.91 Å². The third kappa shape index (κ3) is 5.00. The summed E-state index contributed by atoms with van der Waals surface area (Å²) in [5.74, 6) is -0.422. The second kappa shape index (κ2) is 8.64. The van der Waals surface area contributed by atoms with Gasteiger partial charge in [-0.05, 0) is 61.9 Å². The van der Waals surface area contributed by atoms with E-state index in [-0.39, 0.29) is 11.6 Å². The van der Waals surface area contributed by atoms with Crippen LogP contribution in [0.1, 0.15) is 60.9 Å². The average Bonchev–Trinajstić information content (AvgIpc) is 2.73. The fourth-order valence-electron chi connectivity index (χ4n) is 4.08. The molecule has 1 atom stereocenters. The first-order valence-electron chi connectivity index (χ1n) is 10.2. The van der Waals surface area contributed by atoms with Crippen molar-refractivity contribution in [2.45, 2.75) is 56.4 Å². The zero-order valence-electron chi connectivity index (χ0n) is 17.4. The minimum Gasteiger partial charge on any atom is -0.349 e. The van der Waals surface area contributed by atoms with Gasteiger partial charge < -0.3 is 5.32 Å². The fraction of sp³-hybridized carbons (Fsp3) is 0.375. The van der Waals surface area contributed by atoms with E-state index in [4.69, 9.17) is 0 Å². The lowest BCUT2D eigenvalue weighted by molar-refractivity contribution is -0.143. The molecule has 8 heteroatoms. The van der Waals surface area contributed by atoms with Crippen molar-refractivity contribution < 1.29 is 31.1 Å². The largest absolute Gasteiger partial charge is 0.416 e. The maximum atomic E-state index is 13.4. The Balaban J connectivity index is 1.95. The van der Waals surface area contributed by atoms with Gasteiger partial charge in [-0.15, -0.1) is 0 Å². The Morgan fingerprint density at radius 3 is 1.91 bits per heavy atom. The lowest BCUT2D eigenvalue weighted by Gasteiger charge is -2.38. The number of alkyl halides is 6.